The molecule has 2 aromatic carbocycles. The van der Waals surface area contributed by atoms with E-state index in [-0.39, 0.29) is 18.4 Å². The third kappa shape index (κ3) is 4.42. The number of carbonyl (C=O) groups is 1. The fraction of sp³-hybridized carbons (Fsp3) is 0.240. The summed E-state index contributed by atoms with van der Waals surface area (Å²) in [7, 11) is 0. The summed E-state index contributed by atoms with van der Waals surface area (Å²) in [5.74, 6) is 3.18. The highest BCUT2D eigenvalue weighted by Crippen LogP contribution is 2.27. The van der Waals surface area contributed by atoms with E-state index in [4.69, 9.17) is 9.47 Å². The Kier molecular flexibility index (Phi) is 5.70. The number of pyridine rings is 1. The largest absolute Gasteiger partial charge is 0.484 e. The third-order valence-corrected chi connectivity index (χ3v) is 5.64. The molecule has 32 heavy (non-hydrogen) atoms. The molecule has 0 aliphatic carbocycles. The summed E-state index contributed by atoms with van der Waals surface area (Å²) in [5, 5.41) is 8.62. The average Bonchev–Trinajstić information content (AvgIpc) is 3.28. The number of nitrogens with zero attached hydrogens (tertiary/aromatic N) is 4. The van der Waals surface area contributed by atoms with Crippen molar-refractivity contribution in [2.24, 2.45) is 0 Å². The fourth-order valence-corrected chi connectivity index (χ4v) is 4.02. The van der Waals surface area contributed by atoms with Crippen LogP contribution in [-0.2, 0) is 4.79 Å². The van der Waals surface area contributed by atoms with E-state index in [2.05, 4.69) is 10.2 Å². The number of piperidine rings is 1. The van der Waals surface area contributed by atoms with Crippen LogP contribution in [0.25, 0.3) is 5.65 Å². The molecule has 0 spiro atoms. The van der Waals surface area contributed by atoms with Gasteiger partial charge >= 0.3 is 0 Å². The minimum atomic E-state index is -0.0202. The van der Waals surface area contributed by atoms with Gasteiger partial charge in [0, 0.05) is 25.2 Å². The number of fused-ring (bicyclic) bond motifs is 1. The van der Waals surface area contributed by atoms with Gasteiger partial charge in [-0.2, -0.15) is 0 Å². The first-order valence-corrected chi connectivity index (χ1v) is 10.8. The average molecular weight is 428 g/mol. The van der Waals surface area contributed by atoms with Crippen LogP contribution < -0.4 is 9.47 Å². The fourth-order valence-electron chi connectivity index (χ4n) is 4.02. The molecule has 0 bridgehead atoms. The molecular formula is C25H24N4O3. The Hall–Kier alpha value is -3.87. The van der Waals surface area contributed by atoms with Gasteiger partial charge in [-0.05, 0) is 61.4 Å². The van der Waals surface area contributed by atoms with Crippen LogP contribution in [0.2, 0.25) is 0 Å². The van der Waals surface area contributed by atoms with E-state index in [1.54, 1.807) is 0 Å². The SMILES string of the molecule is O=C(COc1ccc(Oc2ccccc2)cc1)N1CCCC(c2nnc3ccccn23)C1. The highest BCUT2D eigenvalue weighted by Gasteiger charge is 2.28. The summed E-state index contributed by atoms with van der Waals surface area (Å²) in [6.07, 6.45) is 3.90. The van der Waals surface area contributed by atoms with Crippen molar-refractivity contribution in [2.45, 2.75) is 18.8 Å². The molecular weight excluding hydrogens is 404 g/mol. The van der Waals surface area contributed by atoms with Gasteiger partial charge in [0.25, 0.3) is 5.91 Å². The zero-order valence-corrected chi connectivity index (χ0v) is 17.6. The Bertz CT molecular complexity index is 1190. The molecule has 0 radical (unpaired) electrons. The van der Waals surface area contributed by atoms with Gasteiger partial charge in [-0.15, -0.1) is 10.2 Å². The first-order chi connectivity index (χ1) is 15.8. The van der Waals surface area contributed by atoms with Crippen LogP contribution in [-0.4, -0.2) is 45.1 Å². The van der Waals surface area contributed by atoms with Crippen LogP contribution in [0, 0.1) is 0 Å². The number of aromatic nitrogens is 3. The van der Waals surface area contributed by atoms with Gasteiger partial charge < -0.3 is 14.4 Å². The van der Waals surface area contributed by atoms with Crippen molar-refractivity contribution >= 4 is 11.6 Å². The second-order valence-corrected chi connectivity index (χ2v) is 7.84. The van der Waals surface area contributed by atoms with Crippen LogP contribution in [0.1, 0.15) is 24.6 Å². The molecule has 162 valence electrons. The number of rotatable bonds is 6. The van der Waals surface area contributed by atoms with E-state index < -0.39 is 0 Å². The number of amides is 1. The van der Waals surface area contributed by atoms with E-state index >= 15 is 0 Å². The predicted molar refractivity (Wildman–Crippen MR) is 120 cm³/mol. The first-order valence-electron chi connectivity index (χ1n) is 10.8. The first kappa shape index (κ1) is 20.1. The summed E-state index contributed by atoms with van der Waals surface area (Å²) < 4.78 is 13.5. The van der Waals surface area contributed by atoms with Crippen molar-refractivity contribution in [1.82, 2.24) is 19.5 Å². The molecule has 4 aromatic rings. The van der Waals surface area contributed by atoms with Crippen LogP contribution >= 0.6 is 0 Å². The molecule has 1 aliphatic heterocycles. The monoisotopic (exact) mass is 428 g/mol. The molecule has 1 aliphatic rings. The van der Waals surface area contributed by atoms with Crippen molar-refractivity contribution in [2.75, 3.05) is 19.7 Å². The number of benzene rings is 2. The molecule has 0 N–H and O–H groups in total. The Morgan fingerprint density at radius 1 is 0.906 bits per heavy atom. The number of hydrogen-bond donors (Lipinski definition) is 0. The number of carbonyl (C=O) groups excluding carboxylic acids is 1. The number of hydrogen-bond acceptors (Lipinski definition) is 5. The quantitative estimate of drug-likeness (QED) is 0.458. The van der Waals surface area contributed by atoms with Gasteiger partial charge in [-0.25, -0.2) is 0 Å². The molecule has 1 unspecified atom stereocenters. The second kappa shape index (κ2) is 9.09. The molecule has 1 saturated heterocycles. The Labute approximate surface area is 186 Å². The lowest BCUT2D eigenvalue weighted by atomic mass is 9.97. The maximum atomic E-state index is 12.8. The van der Waals surface area contributed by atoms with Gasteiger partial charge in [0.15, 0.2) is 12.3 Å². The molecule has 5 rings (SSSR count). The van der Waals surface area contributed by atoms with Crippen molar-refractivity contribution in [3.8, 4) is 17.2 Å². The van der Waals surface area contributed by atoms with Gasteiger partial charge in [0.05, 0.1) is 0 Å². The van der Waals surface area contributed by atoms with E-state index in [0.717, 1.165) is 36.6 Å². The predicted octanol–water partition coefficient (Wildman–Crippen LogP) is 4.31. The van der Waals surface area contributed by atoms with Crippen LogP contribution in [0.4, 0.5) is 0 Å². The van der Waals surface area contributed by atoms with Gasteiger partial charge in [0.1, 0.15) is 23.1 Å². The topological polar surface area (TPSA) is 69.0 Å². The summed E-state index contributed by atoms with van der Waals surface area (Å²) in [5.41, 5.74) is 0.828. The Balaban J connectivity index is 1.17. The summed E-state index contributed by atoms with van der Waals surface area (Å²) >= 11 is 0. The molecule has 3 heterocycles. The maximum Gasteiger partial charge on any atom is 0.260 e. The summed E-state index contributed by atoms with van der Waals surface area (Å²) in [4.78, 5) is 14.7. The van der Waals surface area contributed by atoms with E-state index in [0.29, 0.717) is 18.0 Å². The van der Waals surface area contributed by atoms with Crippen LogP contribution in [0.5, 0.6) is 17.2 Å². The zero-order chi connectivity index (χ0) is 21.8. The molecule has 0 saturated carbocycles. The molecule has 1 amide bonds. The van der Waals surface area contributed by atoms with Gasteiger partial charge in [-0.3, -0.25) is 9.20 Å². The molecule has 2 aromatic heterocycles. The van der Waals surface area contributed by atoms with E-state index in [1.807, 2.05) is 88.3 Å². The Morgan fingerprint density at radius 2 is 1.66 bits per heavy atom. The second-order valence-electron chi connectivity index (χ2n) is 7.84. The van der Waals surface area contributed by atoms with Crippen molar-refractivity contribution < 1.29 is 14.3 Å². The lowest BCUT2D eigenvalue weighted by Crippen LogP contribution is -2.42. The van der Waals surface area contributed by atoms with E-state index in [9.17, 15) is 4.79 Å². The van der Waals surface area contributed by atoms with E-state index in [1.165, 1.54) is 0 Å². The Morgan fingerprint density at radius 3 is 2.50 bits per heavy atom. The summed E-state index contributed by atoms with van der Waals surface area (Å²) in [6, 6.07) is 22.7. The number of para-hydroxylation sites is 1. The smallest absolute Gasteiger partial charge is 0.260 e. The van der Waals surface area contributed by atoms with Crippen LogP contribution in [0.3, 0.4) is 0 Å². The molecule has 1 fully saturated rings. The molecule has 7 nitrogen and oxygen atoms in total. The lowest BCUT2D eigenvalue weighted by Gasteiger charge is -2.31. The highest BCUT2D eigenvalue weighted by atomic mass is 16.5. The third-order valence-electron chi connectivity index (χ3n) is 5.64. The van der Waals surface area contributed by atoms with Crippen molar-refractivity contribution in [3.05, 3.63) is 84.8 Å². The maximum absolute atomic E-state index is 12.8. The highest BCUT2D eigenvalue weighted by molar-refractivity contribution is 5.78. The summed E-state index contributed by atoms with van der Waals surface area (Å²) in [6.45, 7) is 1.37. The van der Waals surface area contributed by atoms with Crippen LogP contribution in [0.15, 0.2) is 79.0 Å². The lowest BCUT2D eigenvalue weighted by molar-refractivity contribution is -0.134. The minimum absolute atomic E-state index is 0.00614. The molecule has 1 atom stereocenters. The molecule has 7 heteroatoms. The van der Waals surface area contributed by atoms with Gasteiger partial charge in [-0.1, -0.05) is 24.3 Å². The van der Waals surface area contributed by atoms with Gasteiger partial charge in [0.2, 0.25) is 0 Å². The normalized spacial score (nSPS) is 16.1. The number of ether oxygens (including phenoxy) is 2. The number of likely N-dealkylation sites (tertiary alicyclic amines) is 1. The minimum Gasteiger partial charge on any atom is -0.484 e. The zero-order valence-electron chi connectivity index (χ0n) is 17.6. The standard InChI is InChI=1S/C25H24N4O3/c30-24(18-31-20-11-13-22(14-12-20)32-21-8-2-1-3-9-21)28-15-6-7-19(17-28)25-27-26-23-10-4-5-16-29(23)25/h1-5,8-14,16,19H,6-7,15,17-18H2. The van der Waals surface area contributed by atoms with Crippen molar-refractivity contribution in [3.63, 3.8) is 0 Å². The van der Waals surface area contributed by atoms with Crippen molar-refractivity contribution in [1.29, 1.82) is 0 Å².